The molecule has 134 valence electrons. The molecule has 0 atom stereocenters. The number of sulfonamides is 1. The predicted molar refractivity (Wildman–Crippen MR) is 87.7 cm³/mol. The van der Waals surface area contributed by atoms with Crippen LogP contribution in [-0.2, 0) is 10.0 Å². The maximum absolute atomic E-state index is 12.8. The Hall–Kier alpha value is -2.46. The molecule has 3 heterocycles. The van der Waals surface area contributed by atoms with Crippen LogP contribution in [0.15, 0.2) is 32.5 Å². The first-order valence-corrected chi connectivity index (χ1v) is 9.16. The molecule has 0 spiro atoms. The fourth-order valence-corrected chi connectivity index (χ4v) is 4.54. The number of amides is 1. The summed E-state index contributed by atoms with van der Waals surface area (Å²) in [6, 6.07) is 2.74. The molecule has 1 aliphatic rings. The third-order valence-corrected chi connectivity index (χ3v) is 6.27. The van der Waals surface area contributed by atoms with Crippen LogP contribution in [0.4, 0.5) is 0 Å². The molecular weight excluding hydrogens is 348 g/mol. The zero-order valence-electron chi connectivity index (χ0n) is 13.9. The number of carbonyl (C=O) groups excluding carboxylic acids is 1. The van der Waals surface area contributed by atoms with Crippen molar-refractivity contribution in [3.05, 3.63) is 45.7 Å². The second kappa shape index (κ2) is 6.45. The van der Waals surface area contributed by atoms with Crippen LogP contribution in [0.2, 0.25) is 0 Å². The maximum atomic E-state index is 12.8. The van der Waals surface area contributed by atoms with Gasteiger partial charge in [-0.2, -0.15) is 4.31 Å². The van der Waals surface area contributed by atoms with Crippen LogP contribution >= 0.6 is 0 Å². The molecule has 1 N–H and O–H groups in total. The minimum absolute atomic E-state index is 0.0907. The van der Waals surface area contributed by atoms with Crippen molar-refractivity contribution in [2.45, 2.75) is 18.7 Å². The number of pyridine rings is 1. The first kappa shape index (κ1) is 17.4. The molecule has 0 unspecified atom stereocenters. The van der Waals surface area contributed by atoms with Crippen molar-refractivity contribution >= 4 is 15.9 Å². The van der Waals surface area contributed by atoms with E-state index in [1.165, 1.54) is 22.6 Å². The molecule has 1 fully saturated rings. The lowest BCUT2D eigenvalue weighted by atomic mass is 10.2. The summed E-state index contributed by atoms with van der Waals surface area (Å²) < 4.78 is 31.8. The number of piperazine rings is 1. The highest BCUT2D eigenvalue weighted by molar-refractivity contribution is 7.89. The van der Waals surface area contributed by atoms with Crippen molar-refractivity contribution in [1.29, 1.82) is 0 Å². The molecule has 9 nitrogen and oxygen atoms in total. The lowest BCUT2D eigenvalue weighted by Crippen LogP contribution is -2.50. The summed E-state index contributed by atoms with van der Waals surface area (Å²) >= 11 is 0. The number of aryl methyl sites for hydroxylation is 2. The Morgan fingerprint density at radius 1 is 1.20 bits per heavy atom. The molecule has 0 radical (unpaired) electrons. The molecule has 2 aromatic heterocycles. The normalized spacial score (nSPS) is 16.2. The number of nitrogens with one attached hydrogen (secondary N) is 1. The highest BCUT2D eigenvalue weighted by Crippen LogP contribution is 2.24. The summed E-state index contributed by atoms with van der Waals surface area (Å²) in [5.41, 5.74) is 0.401. The van der Waals surface area contributed by atoms with Crippen LogP contribution in [0.1, 0.15) is 21.8 Å². The quantitative estimate of drug-likeness (QED) is 0.825. The zero-order chi connectivity index (χ0) is 18.2. The molecular formula is C15H18N4O5S. The van der Waals surface area contributed by atoms with Gasteiger partial charge in [0.25, 0.3) is 5.91 Å². The molecule has 0 bridgehead atoms. The lowest BCUT2D eigenvalue weighted by molar-refractivity contribution is 0.0697. The van der Waals surface area contributed by atoms with Crippen molar-refractivity contribution < 1.29 is 17.7 Å². The molecule has 0 aromatic carbocycles. The van der Waals surface area contributed by atoms with E-state index in [9.17, 15) is 18.0 Å². The van der Waals surface area contributed by atoms with Crippen molar-refractivity contribution in [2.24, 2.45) is 0 Å². The van der Waals surface area contributed by atoms with E-state index in [1.54, 1.807) is 18.7 Å². The van der Waals surface area contributed by atoms with Gasteiger partial charge in [-0.15, -0.1) is 0 Å². The summed E-state index contributed by atoms with van der Waals surface area (Å²) in [4.78, 5) is 27.6. The Morgan fingerprint density at radius 3 is 2.40 bits per heavy atom. The lowest BCUT2D eigenvalue weighted by Gasteiger charge is -2.33. The summed E-state index contributed by atoms with van der Waals surface area (Å²) in [6.07, 6.45) is 1.36. The molecule has 0 saturated carbocycles. The molecule has 1 amide bonds. The summed E-state index contributed by atoms with van der Waals surface area (Å²) in [6.45, 7) is 4.03. The number of hydrogen-bond acceptors (Lipinski definition) is 6. The van der Waals surface area contributed by atoms with E-state index >= 15 is 0 Å². The average molecular weight is 366 g/mol. The third-order valence-electron chi connectivity index (χ3n) is 4.12. The fourth-order valence-electron chi connectivity index (χ4n) is 2.83. The van der Waals surface area contributed by atoms with Crippen LogP contribution < -0.4 is 5.56 Å². The van der Waals surface area contributed by atoms with Crippen LogP contribution in [0.25, 0.3) is 0 Å². The topological polar surface area (TPSA) is 117 Å². The molecule has 25 heavy (non-hydrogen) atoms. The maximum Gasteiger partial charge on any atom is 0.255 e. The number of H-pyrrole nitrogens is 1. The first-order valence-electron chi connectivity index (χ1n) is 7.72. The molecule has 3 rings (SSSR count). The van der Waals surface area contributed by atoms with E-state index in [4.69, 9.17) is 4.52 Å². The van der Waals surface area contributed by atoms with E-state index in [0.717, 1.165) is 0 Å². The van der Waals surface area contributed by atoms with Gasteiger partial charge >= 0.3 is 0 Å². The monoisotopic (exact) mass is 366 g/mol. The summed E-state index contributed by atoms with van der Waals surface area (Å²) in [5.74, 6) is 0.00915. The molecule has 1 saturated heterocycles. The number of nitrogens with zero attached hydrogens (tertiary/aromatic N) is 3. The highest BCUT2D eigenvalue weighted by atomic mass is 32.2. The van der Waals surface area contributed by atoms with Gasteiger partial charge in [0.2, 0.25) is 15.6 Å². The van der Waals surface area contributed by atoms with E-state index < -0.39 is 10.0 Å². The zero-order valence-corrected chi connectivity index (χ0v) is 14.7. The van der Waals surface area contributed by atoms with E-state index in [-0.39, 0.29) is 48.3 Å². The van der Waals surface area contributed by atoms with Crippen LogP contribution in [0.3, 0.4) is 0 Å². The molecule has 2 aromatic rings. The second-order valence-corrected chi connectivity index (χ2v) is 7.67. The average Bonchev–Trinajstić information content (AvgIpc) is 2.94. The Morgan fingerprint density at radius 2 is 1.88 bits per heavy atom. The van der Waals surface area contributed by atoms with Gasteiger partial charge in [0.05, 0.1) is 5.56 Å². The number of rotatable bonds is 3. The Kier molecular flexibility index (Phi) is 4.48. The highest BCUT2D eigenvalue weighted by Gasteiger charge is 2.34. The van der Waals surface area contributed by atoms with Crippen molar-refractivity contribution in [1.82, 2.24) is 19.3 Å². The van der Waals surface area contributed by atoms with Gasteiger partial charge < -0.3 is 14.4 Å². The van der Waals surface area contributed by atoms with Gasteiger partial charge in [0, 0.05) is 38.4 Å². The Bertz CT molecular complexity index is 915. The van der Waals surface area contributed by atoms with Gasteiger partial charge in [-0.3, -0.25) is 9.59 Å². The summed E-state index contributed by atoms with van der Waals surface area (Å²) in [5, 5.41) is 3.69. The van der Waals surface area contributed by atoms with Crippen molar-refractivity contribution in [2.75, 3.05) is 26.2 Å². The Balaban J connectivity index is 1.72. The van der Waals surface area contributed by atoms with Gasteiger partial charge in [-0.1, -0.05) is 5.16 Å². The standard InChI is InChI=1S/C15H18N4O5S/c1-10-14(11(2)24-17-10)25(22,23)19-7-5-18(6-8-19)15(21)12-3-4-13(20)16-9-12/h3-4,9H,5-8H2,1-2H3,(H,16,20). The molecule has 0 aliphatic carbocycles. The number of aromatic amines is 1. The number of aromatic nitrogens is 2. The number of carbonyl (C=O) groups is 1. The van der Waals surface area contributed by atoms with Gasteiger partial charge in [-0.05, 0) is 19.9 Å². The minimum atomic E-state index is -3.71. The fraction of sp³-hybridized carbons (Fsp3) is 0.400. The predicted octanol–water partition coefficient (Wildman–Crippen LogP) is 0.126. The smallest absolute Gasteiger partial charge is 0.255 e. The Labute approximate surface area is 144 Å². The van der Waals surface area contributed by atoms with Crippen LogP contribution in [0.5, 0.6) is 0 Å². The first-order chi connectivity index (χ1) is 11.8. The van der Waals surface area contributed by atoms with Crippen LogP contribution in [0, 0.1) is 13.8 Å². The van der Waals surface area contributed by atoms with E-state index in [0.29, 0.717) is 11.3 Å². The van der Waals surface area contributed by atoms with E-state index in [2.05, 4.69) is 10.1 Å². The van der Waals surface area contributed by atoms with Crippen molar-refractivity contribution in [3.8, 4) is 0 Å². The minimum Gasteiger partial charge on any atom is -0.360 e. The molecule has 10 heteroatoms. The van der Waals surface area contributed by atoms with Gasteiger partial charge in [0.1, 0.15) is 10.6 Å². The van der Waals surface area contributed by atoms with Crippen LogP contribution in [-0.4, -0.2) is 59.8 Å². The van der Waals surface area contributed by atoms with Crippen molar-refractivity contribution in [3.63, 3.8) is 0 Å². The van der Waals surface area contributed by atoms with Gasteiger partial charge in [-0.25, -0.2) is 8.42 Å². The largest absolute Gasteiger partial charge is 0.360 e. The summed E-state index contributed by atoms with van der Waals surface area (Å²) in [7, 11) is -3.71. The third kappa shape index (κ3) is 3.22. The SMILES string of the molecule is Cc1noc(C)c1S(=O)(=O)N1CCN(C(=O)c2ccc(=O)[nH]c2)CC1. The second-order valence-electron chi connectivity index (χ2n) is 5.79. The molecule has 1 aliphatic heterocycles. The van der Waals surface area contributed by atoms with E-state index in [1.807, 2.05) is 0 Å². The van der Waals surface area contributed by atoms with Gasteiger partial charge in [0.15, 0.2) is 5.76 Å². The number of hydrogen-bond donors (Lipinski definition) is 1.